The molecular weight excluding hydrogens is 366 g/mol. The van der Waals surface area contributed by atoms with Crippen LogP contribution < -0.4 is 16.0 Å². The molecule has 0 aliphatic carbocycles. The number of ether oxygens (including phenoxy) is 1. The maximum absolute atomic E-state index is 12.3. The molecule has 0 aromatic heterocycles. The van der Waals surface area contributed by atoms with Gasteiger partial charge in [0.1, 0.15) is 6.04 Å². The lowest BCUT2D eigenvalue weighted by molar-refractivity contribution is -0.126. The molecule has 2 amide bonds. The molecular formula is C20H24ClN3O3. The van der Waals surface area contributed by atoms with Crippen molar-refractivity contribution < 1.29 is 14.3 Å². The summed E-state index contributed by atoms with van der Waals surface area (Å²) in [5, 5.41) is 8.90. The summed E-state index contributed by atoms with van der Waals surface area (Å²) in [6.45, 7) is 4.07. The SMILES string of the molecule is Cc1ccc(C(=O)Nc2cccc(CNC(=O)C3COCCN3)c2)cc1.Cl. The zero-order chi connectivity index (χ0) is 18.4. The molecule has 1 atom stereocenters. The van der Waals surface area contributed by atoms with Crippen molar-refractivity contribution in [1.82, 2.24) is 10.6 Å². The number of hydrogen-bond donors (Lipinski definition) is 3. The molecule has 1 aliphatic heterocycles. The highest BCUT2D eigenvalue weighted by atomic mass is 35.5. The Labute approximate surface area is 165 Å². The van der Waals surface area contributed by atoms with Crippen LogP contribution in [0.2, 0.25) is 0 Å². The van der Waals surface area contributed by atoms with Crippen LogP contribution in [0.3, 0.4) is 0 Å². The topological polar surface area (TPSA) is 79.5 Å². The van der Waals surface area contributed by atoms with Crippen LogP contribution >= 0.6 is 12.4 Å². The first-order valence-corrected chi connectivity index (χ1v) is 8.67. The van der Waals surface area contributed by atoms with Gasteiger partial charge in [0.05, 0.1) is 13.2 Å². The van der Waals surface area contributed by atoms with E-state index in [1.165, 1.54) is 0 Å². The molecule has 1 fully saturated rings. The highest BCUT2D eigenvalue weighted by Crippen LogP contribution is 2.13. The zero-order valence-corrected chi connectivity index (χ0v) is 16.0. The van der Waals surface area contributed by atoms with Crippen molar-refractivity contribution >= 4 is 29.9 Å². The lowest BCUT2D eigenvalue weighted by atomic mass is 10.1. The van der Waals surface area contributed by atoms with Gasteiger partial charge in [0.25, 0.3) is 5.91 Å². The molecule has 3 N–H and O–H groups in total. The number of halogens is 1. The lowest BCUT2D eigenvalue weighted by Crippen LogP contribution is -2.51. The Morgan fingerprint density at radius 2 is 1.96 bits per heavy atom. The predicted octanol–water partition coefficient (Wildman–Crippen LogP) is 2.27. The zero-order valence-electron chi connectivity index (χ0n) is 15.2. The molecule has 27 heavy (non-hydrogen) atoms. The number of benzene rings is 2. The average Bonchev–Trinajstić information content (AvgIpc) is 2.67. The van der Waals surface area contributed by atoms with Gasteiger partial charge in [-0.1, -0.05) is 29.8 Å². The Balaban J connectivity index is 0.00000261. The van der Waals surface area contributed by atoms with Crippen molar-refractivity contribution in [2.75, 3.05) is 25.1 Å². The summed E-state index contributed by atoms with van der Waals surface area (Å²) in [6, 6.07) is 14.6. The van der Waals surface area contributed by atoms with Crippen LogP contribution in [0.5, 0.6) is 0 Å². The maximum atomic E-state index is 12.3. The minimum Gasteiger partial charge on any atom is -0.378 e. The molecule has 3 rings (SSSR count). The van der Waals surface area contributed by atoms with Crippen molar-refractivity contribution in [3.63, 3.8) is 0 Å². The van der Waals surface area contributed by atoms with Gasteiger partial charge in [0, 0.05) is 24.3 Å². The third-order valence-corrected chi connectivity index (χ3v) is 4.20. The summed E-state index contributed by atoms with van der Waals surface area (Å²) in [5.74, 6) is -0.242. The number of carbonyl (C=O) groups excluding carboxylic acids is 2. The summed E-state index contributed by atoms with van der Waals surface area (Å²) in [6.07, 6.45) is 0. The van der Waals surface area contributed by atoms with Gasteiger partial charge in [-0.25, -0.2) is 0 Å². The van der Waals surface area contributed by atoms with Gasteiger partial charge in [-0.2, -0.15) is 0 Å². The fraction of sp³-hybridized carbons (Fsp3) is 0.300. The van der Waals surface area contributed by atoms with Crippen LogP contribution in [-0.4, -0.2) is 37.6 Å². The van der Waals surface area contributed by atoms with Crippen molar-refractivity contribution in [2.45, 2.75) is 19.5 Å². The fourth-order valence-corrected chi connectivity index (χ4v) is 2.71. The second-order valence-electron chi connectivity index (χ2n) is 6.32. The first-order chi connectivity index (χ1) is 12.6. The maximum Gasteiger partial charge on any atom is 0.255 e. The minimum absolute atomic E-state index is 0. The van der Waals surface area contributed by atoms with Gasteiger partial charge in [-0.3, -0.25) is 9.59 Å². The van der Waals surface area contributed by atoms with Crippen LogP contribution in [-0.2, 0) is 16.1 Å². The third kappa shape index (κ3) is 6.06. The normalized spacial score (nSPS) is 16.1. The molecule has 0 spiro atoms. The lowest BCUT2D eigenvalue weighted by Gasteiger charge is -2.22. The Hall–Kier alpha value is -2.41. The number of morpholine rings is 1. The number of aryl methyl sites for hydroxylation is 1. The van der Waals surface area contributed by atoms with Crippen molar-refractivity contribution in [1.29, 1.82) is 0 Å². The van der Waals surface area contributed by atoms with E-state index >= 15 is 0 Å². The number of hydrogen-bond acceptors (Lipinski definition) is 4. The van der Waals surface area contributed by atoms with Crippen LogP contribution in [0.4, 0.5) is 5.69 Å². The highest BCUT2D eigenvalue weighted by Gasteiger charge is 2.20. The van der Waals surface area contributed by atoms with Crippen molar-refractivity contribution in [3.8, 4) is 0 Å². The van der Waals surface area contributed by atoms with E-state index < -0.39 is 0 Å². The van der Waals surface area contributed by atoms with Gasteiger partial charge in [-0.05, 0) is 36.8 Å². The first-order valence-electron chi connectivity index (χ1n) is 8.67. The first kappa shape index (κ1) is 20.9. The van der Waals surface area contributed by atoms with Gasteiger partial charge in [0.2, 0.25) is 5.91 Å². The highest BCUT2D eigenvalue weighted by molar-refractivity contribution is 6.04. The standard InChI is InChI=1S/C20H23N3O3.ClH/c1-14-5-7-16(8-6-14)19(24)23-17-4-2-3-15(11-17)12-22-20(25)18-13-26-10-9-21-18;/h2-8,11,18,21H,9-10,12-13H2,1H3,(H,22,25)(H,23,24);1H. The molecule has 1 unspecified atom stereocenters. The number of amides is 2. The quantitative estimate of drug-likeness (QED) is 0.733. The Kier molecular flexibility index (Phi) is 7.79. The molecule has 0 saturated carbocycles. The summed E-state index contributed by atoms with van der Waals surface area (Å²) in [7, 11) is 0. The van der Waals surface area contributed by atoms with Gasteiger partial charge < -0.3 is 20.7 Å². The second kappa shape index (κ2) is 10.1. The van der Waals surface area contributed by atoms with E-state index in [9.17, 15) is 9.59 Å². The summed E-state index contributed by atoms with van der Waals surface area (Å²) in [4.78, 5) is 24.4. The average molecular weight is 390 g/mol. The molecule has 2 aromatic rings. The minimum atomic E-state index is -0.312. The third-order valence-electron chi connectivity index (χ3n) is 4.20. The summed E-state index contributed by atoms with van der Waals surface area (Å²) >= 11 is 0. The molecule has 0 bridgehead atoms. The van der Waals surface area contributed by atoms with E-state index in [0.29, 0.717) is 37.6 Å². The van der Waals surface area contributed by atoms with E-state index in [1.54, 1.807) is 12.1 Å². The number of rotatable bonds is 5. The molecule has 0 radical (unpaired) electrons. The van der Waals surface area contributed by atoms with Crippen molar-refractivity contribution in [3.05, 3.63) is 65.2 Å². The Morgan fingerprint density at radius 1 is 1.19 bits per heavy atom. The smallest absolute Gasteiger partial charge is 0.255 e. The Bertz CT molecular complexity index is 774. The molecule has 1 saturated heterocycles. The van der Waals surface area contributed by atoms with Gasteiger partial charge in [-0.15, -0.1) is 12.4 Å². The van der Waals surface area contributed by atoms with E-state index in [4.69, 9.17) is 4.74 Å². The fourth-order valence-electron chi connectivity index (χ4n) is 2.71. The molecule has 2 aromatic carbocycles. The predicted molar refractivity (Wildman–Crippen MR) is 107 cm³/mol. The second-order valence-corrected chi connectivity index (χ2v) is 6.32. The molecule has 6 nitrogen and oxygen atoms in total. The molecule has 144 valence electrons. The number of carbonyl (C=O) groups is 2. The number of anilines is 1. The van der Waals surface area contributed by atoms with Crippen molar-refractivity contribution in [2.24, 2.45) is 0 Å². The monoisotopic (exact) mass is 389 g/mol. The molecule has 1 aliphatic rings. The van der Waals surface area contributed by atoms with E-state index in [-0.39, 0.29) is 30.3 Å². The van der Waals surface area contributed by atoms with Gasteiger partial charge >= 0.3 is 0 Å². The van der Waals surface area contributed by atoms with Gasteiger partial charge in [0.15, 0.2) is 0 Å². The largest absolute Gasteiger partial charge is 0.378 e. The van der Waals surface area contributed by atoms with Crippen LogP contribution in [0.25, 0.3) is 0 Å². The number of nitrogens with one attached hydrogen (secondary N) is 3. The summed E-state index contributed by atoms with van der Waals surface area (Å²) < 4.78 is 5.30. The Morgan fingerprint density at radius 3 is 2.67 bits per heavy atom. The van der Waals surface area contributed by atoms with Crippen LogP contribution in [0.1, 0.15) is 21.5 Å². The molecule has 7 heteroatoms. The van der Waals surface area contributed by atoms with Crippen LogP contribution in [0.15, 0.2) is 48.5 Å². The van der Waals surface area contributed by atoms with E-state index in [2.05, 4.69) is 16.0 Å². The van der Waals surface area contributed by atoms with Crippen LogP contribution in [0, 0.1) is 6.92 Å². The van der Waals surface area contributed by atoms with E-state index in [0.717, 1.165) is 11.1 Å². The van der Waals surface area contributed by atoms with E-state index in [1.807, 2.05) is 43.3 Å². The molecule has 1 heterocycles. The summed E-state index contributed by atoms with van der Waals surface area (Å²) in [5.41, 5.74) is 3.33.